The average molecular weight is 339 g/mol. The van der Waals surface area contributed by atoms with E-state index in [1.54, 1.807) is 18.5 Å². The van der Waals surface area contributed by atoms with Gasteiger partial charge in [0.2, 0.25) is 0 Å². The molecule has 0 unspecified atom stereocenters. The number of urea groups is 1. The zero-order chi connectivity index (χ0) is 14.5. The molecule has 0 aliphatic rings. The minimum Gasteiger partial charge on any atom is -0.338 e. The molecule has 2 heterocycles. The maximum absolute atomic E-state index is 13.2. The van der Waals surface area contributed by atoms with Crippen LogP contribution in [0.15, 0.2) is 35.2 Å². The molecule has 0 saturated carbocycles. The Bertz CT molecular complexity index is 636. The average Bonchev–Trinajstić information content (AvgIpc) is 2.41. The molecule has 0 spiro atoms. The van der Waals surface area contributed by atoms with Crippen LogP contribution in [0.3, 0.4) is 0 Å². The molecule has 0 aromatic carbocycles. The lowest BCUT2D eigenvalue weighted by molar-refractivity contribution is 0.252. The van der Waals surface area contributed by atoms with Crippen molar-refractivity contribution in [1.29, 1.82) is 0 Å². The number of hydrogen-bond acceptors (Lipinski definition) is 3. The molecular formula is C13H12BrFN4O. The highest BCUT2D eigenvalue weighted by molar-refractivity contribution is 9.10. The predicted octanol–water partition coefficient (Wildman–Crippen LogP) is 3.19. The van der Waals surface area contributed by atoms with Gasteiger partial charge in [-0.25, -0.2) is 14.2 Å². The fourth-order valence-corrected chi connectivity index (χ4v) is 2.05. The van der Waals surface area contributed by atoms with E-state index in [4.69, 9.17) is 0 Å². The van der Waals surface area contributed by atoms with Crippen LogP contribution < -0.4 is 10.6 Å². The molecule has 104 valence electrons. The summed E-state index contributed by atoms with van der Waals surface area (Å²) in [7, 11) is 0. The zero-order valence-corrected chi connectivity index (χ0v) is 12.2. The lowest BCUT2D eigenvalue weighted by atomic mass is 10.1. The Morgan fingerprint density at radius 3 is 2.85 bits per heavy atom. The van der Waals surface area contributed by atoms with Crippen molar-refractivity contribution in [3.05, 3.63) is 41.0 Å². The molecule has 5 nitrogen and oxygen atoms in total. The number of nitrogens with one attached hydrogen (secondary N) is 2. The molecule has 0 bridgehead atoms. The fourth-order valence-electron chi connectivity index (χ4n) is 1.61. The van der Waals surface area contributed by atoms with E-state index in [-0.39, 0.29) is 6.03 Å². The lowest BCUT2D eigenvalue weighted by Gasteiger charge is -2.09. The van der Waals surface area contributed by atoms with Crippen LogP contribution in [-0.2, 0) is 0 Å². The van der Waals surface area contributed by atoms with E-state index in [2.05, 4.69) is 36.5 Å². The van der Waals surface area contributed by atoms with E-state index in [9.17, 15) is 9.18 Å². The van der Waals surface area contributed by atoms with Gasteiger partial charge in [0.1, 0.15) is 11.6 Å². The first-order chi connectivity index (χ1) is 9.60. The van der Waals surface area contributed by atoms with Gasteiger partial charge in [-0.05, 0) is 35.0 Å². The normalized spacial score (nSPS) is 10.2. The smallest absolute Gasteiger partial charge is 0.320 e. The number of carbonyl (C=O) groups excluding carboxylic acids is 1. The summed E-state index contributed by atoms with van der Waals surface area (Å²) in [5.41, 5.74) is 1.29. The molecule has 0 aliphatic carbocycles. The summed E-state index contributed by atoms with van der Waals surface area (Å²) in [6.45, 7) is 2.33. The predicted molar refractivity (Wildman–Crippen MR) is 77.8 cm³/mol. The van der Waals surface area contributed by atoms with Crippen LogP contribution >= 0.6 is 15.9 Å². The highest BCUT2D eigenvalue weighted by Gasteiger charge is 2.09. The van der Waals surface area contributed by atoms with Gasteiger partial charge in [-0.15, -0.1) is 0 Å². The number of nitrogens with zero attached hydrogens (tertiary/aromatic N) is 2. The van der Waals surface area contributed by atoms with E-state index < -0.39 is 5.82 Å². The Hall–Kier alpha value is -2.02. The SMILES string of the molecule is CCNC(=O)Nc1cc(-c2cncc(F)c2)c(Br)cn1. The van der Waals surface area contributed by atoms with E-state index in [0.29, 0.717) is 28.0 Å². The van der Waals surface area contributed by atoms with Crippen molar-refractivity contribution in [2.45, 2.75) is 6.92 Å². The molecule has 2 amide bonds. The molecule has 7 heteroatoms. The Kier molecular flexibility index (Phi) is 4.62. The molecule has 2 rings (SSSR count). The number of carbonyl (C=O) groups is 1. The Balaban J connectivity index is 2.32. The van der Waals surface area contributed by atoms with Crippen molar-refractivity contribution in [2.24, 2.45) is 0 Å². The van der Waals surface area contributed by atoms with Crippen molar-refractivity contribution in [3.63, 3.8) is 0 Å². The van der Waals surface area contributed by atoms with E-state index in [0.717, 1.165) is 6.20 Å². The highest BCUT2D eigenvalue weighted by Crippen LogP contribution is 2.29. The molecule has 0 saturated heterocycles. The van der Waals surface area contributed by atoms with E-state index >= 15 is 0 Å². The van der Waals surface area contributed by atoms with Gasteiger partial charge in [0, 0.05) is 34.5 Å². The number of aromatic nitrogens is 2. The summed E-state index contributed by atoms with van der Waals surface area (Å²) < 4.78 is 13.9. The third kappa shape index (κ3) is 3.51. The van der Waals surface area contributed by atoms with Crippen LogP contribution in [0.2, 0.25) is 0 Å². The number of hydrogen-bond donors (Lipinski definition) is 2. The van der Waals surface area contributed by atoms with Crippen LogP contribution in [0.25, 0.3) is 11.1 Å². The van der Waals surface area contributed by atoms with Gasteiger partial charge in [-0.1, -0.05) is 0 Å². The van der Waals surface area contributed by atoms with Crippen molar-refractivity contribution in [2.75, 3.05) is 11.9 Å². The minimum atomic E-state index is -0.426. The minimum absolute atomic E-state index is 0.342. The maximum atomic E-state index is 13.2. The third-order valence-electron chi connectivity index (χ3n) is 2.45. The van der Waals surface area contributed by atoms with Gasteiger partial charge >= 0.3 is 6.03 Å². The molecular weight excluding hydrogens is 327 g/mol. The molecule has 2 N–H and O–H groups in total. The number of rotatable bonds is 3. The van der Waals surface area contributed by atoms with Crippen molar-refractivity contribution in [3.8, 4) is 11.1 Å². The third-order valence-corrected chi connectivity index (χ3v) is 3.08. The summed E-state index contributed by atoms with van der Waals surface area (Å²) in [4.78, 5) is 19.3. The summed E-state index contributed by atoms with van der Waals surface area (Å²) in [5, 5.41) is 5.20. The Morgan fingerprint density at radius 2 is 2.15 bits per heavy atom. The number of anilines is 1. The van der Waals surface area contributed by atoms with E-state index in [1.165, 1.54) is 6.07 Å². The molecule has 20 heavy (non-hydrogen) atoms. The van der Waals surface area contributed by atoms with Crippen molar-refractivity contribution < 1.29 is 9.18 Å². The van der Waals surface area contributed by atoms with Crippen LogP contribution in [0.5, 0.6) is 0 Å². The standard InChI is InChI=1S/C13H12BrFN4O/c1-2-17-13(20)19-12-4-10(11(14)7-18-12)8-3-9(15)6-16-5-8/h3-7H,2H2,1H3,(H2,17,18,19,20). The quantitative estimate of drug-likeness (QED) is 0.903. The molecule has 2 aromatic heterocycles. The summed E-state index contributed by atoms with van der Waals surface area (Å²) in [6, 6.07) is 2.67. The van der Waals surface area contributed by atoms with Gasteiger partial charge in [-0.2, -0.15) is 0 Å². The monoisotopic (exact) mass is 338 g/mol. The van der Waals surface area contributed by atoms with Gasteiger partial charge in [0.25, 0.3) is 0 Å². The first-order valence-electron chi connectivity index (χ1n) is 5.91. The second-order valence-corrected chi connectivity index (χ2v) is 4.78. The maximum Gasteiger partial charge on any atom is 0.320 e. The first-order valence-corrected chi connectivity index (χ1v) is 6.70. The fraction of sp³-hybridized carbons (Fsp3) is 0.154. The number of pyridine rings is 2. The largest absolute Gasteiger partial charge is 0.338 e. The zero-order valence-electron chi connectivity index (χ0n) is 10.7. The first kappa shape index (κ1) is 14.4. The molecule has 0 aliphatic heterocycles. The summed E-state index contributed by atoms with van der Waals surface area (Å²) >= 11 is 3.35. The van der Waals surface area contributed by atoms with Crippen LogP contribution in [0.4, 0.5) is 15.0 Å². The number of amides is 2. The van der Waals surface area contributed by atoms with Gasteiger partial charge in [-0.3, -0.25) is 10.3 Å². The van der Waals surface area contributed by atoms with Gasteiger partial charge in [0.15, 0.2) is 0 Å². The van der Waals surface area contributed by atoms with E-state index in [1.807, 2.05) is 6.92 Å². The summed E-state index contributed by atoms with van der Waals surface area (Å²) in [5.74, 6) is -0.0529. The van der Waals surface area contributed by atoms with Crippen LogP contribution in [0.1, 0.15) is 6.92 Å². The second kappa shape index (κ2) is 6.42. The van der Waals surface area contributed by atoms with Crippen LogP contribution in [0, 0.1) is 5.82 Å². The van der Waals surface area contributed by atoms with Crippen LogP contribution in [-0.4, -0.2) is 22.5 Å². The lowest BCUT2D eigenvalue weighted by Crippen LogP contribution is -2.28. The van der Waals surface area contributed by atoms with Crippen molar-refractivity contribution >= 4 is 27.8 Å². The molecule has 0 fully saturated rings. The topological polar surface area (TPSA) is 66.9 Å². The Labute approximate surface area is 123 Å². The second-order valence-electron chi connectivity index (χ2n) is 3.93. The summed E-state index contributed by atoms with van der Waals surface area (Å²) in [6.07, 6.45) is 4.22. The molecule has 0 radical (unpaired) electrons. The Morgan fingerprint density at radius 1 is 1.35 bits per heavy atom. The molecule has 0 atom stereocenters. The van der Waals surface area contributed by atoms with Gasteiger partial charge < -0.3 is 5.32 Å². The molecule has 2 aromatic rings. The van der Waals surface area contributed by atoms with Gasteiger partial charge in [0.05, 0.1) is 6.20 Å². The van der Waals surface area contributed by atoms with Crippen molar-refractivity contribution in [1.82, 2.24) is 15.3 Å². The highest BCUT2D eigenvalue weighted by atomic mass is 79.9. The number of halogens is 2.